The Balaban J connectivity index is 1.85. The van der Waals surface area contributed by atoms with Crippen molar-refractivity contribution in [2.75, 3.05) is 11.4 Å². The van der Waals surface area contributed by atoms with Gasteiger partial charge in [0.15, 0.2) is 0 Å². The SMILES string of the molecule is C=C(C1CCC(F)(F)C1)N(CC)c1cccc(-c2cc(CCC)n(C)n2)c1. The first-order valence-corrected chi connectivity index (χ1v) is 9.82. The molecule has 0 saturated heterocycles. The first-order chi connectivity index (χ1) is 12.8. The van der Waals surface area contributed by atoms with Crippen LogP contribution < -0.4 is 4.90 Å². The molecule has 0 spiro atoms. The average Bonchev–Trinajstić information content (AvgIpc) is 3.19. The molecular formula is C22H29F2N3. The number of hydrogen-bond donors (Lipinski definition) is 0. The number of rotatable bonds is 7. The van der Waals surface area contributed by atoms with Crippen LogP contribution in [0.5, 0.6) is 0 Å². The van der Waals surface area contributed by atoms with Gasteiger partial charge in [-0.15, -0.1) is 0 Å². The van der Waals surface area contributed by atoms with E-state index in [1.165, 1.54) is 5.69 Å². The normalized spacial score (nSPS) is 18.6. The number of anilines is 1. The van der Waals surface area contributed by atoms with Gasteiger partial charge in [0.05, 0.1) is 5.69 Å². The smallest absolute Gasteiger partial charge is 0.248 e. The van der Waals surface area contributed by atoms with Gasteiger partial charge in [0.1, 0.15) is 0 Å². The molecule has 0 N–H and O–H groups in total. The number of aryl methyl sites for hydroxylation is 2. The van der Waals surface area contributed by atoms with Crippen molar-refractivity contribution < 1.29 is 8.78 Å². The maximum atomic E-state index is 13.6. The van der Waals surface area contributed by atoms with Crippen LogP contribution in [0.2, 0.25) is 0 Å². The van der Waals surface area contributed by atoms with Crippen LogP contribution in [0.3, 0.4) is 0 Å². The lowest BCUT2D eigenvalue weighted by Gasteiger charge is -2.29. The van der Waals surface area contributed by atoms with Gasteiger partial charge in [-0.05, 0) is 38.0 Å². The summed E-state index contributed by atoms with van der Waals surface area (Å²) in [5, 5.41) is 4.64. The summed E-state index contributed by atoms with van der Waals surface area (Å²) in [6, 6.07) is 10.3. The van der Waals surface area contributed by atoms with E-state index in [2.05, 4.69) is 35.6 Å². The fourth-order valence-electron chi connectivity index (χ4n) is 3.98. The van der Waals surface area contributed by atoms with Crippen LogP contribution in [0.25, 0.3) is 11.3 Å². The minimum Gasteiger partial charge on any atom is -0.346 e. The average molecular weight is 373 g/mol. The molecule has 1 aromatic heterocycles. The van der Waals surface area contributed by atoms with Gasteiger partial charge in [0.2, 0.25) is 5.92 Å². The number of hydrogen-bond acceptors (Lipinski definition) is 2. The molecule has 0 amide bonds. The Bertz CT molecular complexity index is 810. The summed E-state index contributed by atoms with van der Waals surface area (Å²) < 4.78 is 29.2. The fraction of sp³-hybridized carbons (Fsp3) is 0.500. The monoisotopic (exact) mass is 373 g/mol. The first kappa shape index (κ1) is 19.6. The molecule has 0 aliphatic heterocycles. The molecule has 146 valence electrons. The Labute approximate surface area is 160 Å². The van der Waals surface area contributed by atoms with E-state index in [4.69, 9.17) is 0 Å². The van der Waals surface area contributed by atoms with Crippen molar-refractivity contribution >= 4 is 5.69 Å². The maximum absolute atomic E-state index is 13.6. The third-order valence-corrected chi connectivity index (χ3v) is 5.47. The maximum Gasteiger partial charge on any atom is 0.248 e. The second-order valence-electron chi connectivity index (χ2n) is 7.48. The molecule has 2 aromatic rings. The molecule has 1 unspecified atom stereocenters. The summed E-state index contributed by atoms with van der Waals surface area (Å²) in [5.41, 5.74) is 4.96. The van der Waals surface area contributed by atoms with Crippen molar-refractivity contribution in [1.82, 2.24) is 9.78 Å². The first-order valence-electron chi connectivity index (χ1n) is 9.82. The Hall–Kier alpha value is -2.17. The zero-order chi connectivity index (χ0) is 19.6. The molecule has 1 fully saturated rings. The van der Waals surface area contributed by atoms with Crippen LogP contribution in [-0.2, 0) is 13.5 Å². The highest BCUT2D eigenvalue weighted by molar-refractivity contribution is 5.67. The number of allylic oxidation sites excluding steroid dienone is 1. The fourth-order valence-corrected chi connectivity index (χ4v) is 3.98. The summed E-state index contributed by atoms with van der Waals surface area (Å²) in [6.07, 6.45) is 2.44. The molecule has 27 heavy (non-hydrogen) atoms. The number of alkyl halides is 2. The molecule has 5 heteroatoms. The second kappa shape index (κ2) is 7.83. The Morgan fingerprint density at radius 2 is 2.11 bits per heavy atom. The molecule has 0 radical (unpaired) electrons. The van der Waals surface area contributed by atoms with Crippen LogP contribution in [0.4, 0.5) is 14.5 Å². The van der Waals surface area contributed by atoms with Gasteiger partial charge in [0.25, 0.3) is 0 Å². The lowest BCUT2D eigenvalue weighted by Crippen LogP contribution is -2.26. The molecule has 1 aromatic carbocycles. The van der Waals surface area contributed by atoms with E-state index in [0.29, 0.717) is 13.0 Å². The van der Waals surface area contributed by atoms with Gasteiger partial charge in [-0.25, -0.2) is 8.78 Å². The highest BCUT2D eigenvalue weighted by Gasteiger charge is 2.41. The van der Waals surface area contributed by atoms with Gasteiger partial charge in [0, 0.05) is 55.0 Å². The number of aromatic nitrogens is 2. The van der Waals surface area contributed by atoms with E-state index >= 15 is 0 Å². The molecule has 1 atom stereocenters. The van der Waals surface area contributed by atoms with Gasteiger partial charge >= 0.3 is 0 Å². The van der Waals surface area contributed by atoms with E-state index in [-0.39, 0.29) is 18.8 Å². The third kappa shape index (κ3) is 4.23. The predicted octanol–water partition coefficient (Wildman–Crippen LogP) is 5.82. The van der Waals surface area contributed by atoms with Crippen molar-refractivity contribution in [2.24, 2.45) is 13.0 Å². The van der Waals surface area contributed by atoms with Crippen molar-refractivity contribution in [3.05, 3.63) is 48.3 Å². The van der Waals surface area contributed by atoms with Gasteiger partial charge in [-0.1, -0.05) is 32.1 Å². The summed E-state index contributed by atoms with van der Waals surface area (Å²) in [5.74, 6) is -2.71. The quantitative estimate of drug-likeness (QED) is 0.610. The molecule has 3 rings (SSSR count). The van der Waals surface area contributed by atoms with Crippen LogP contribution in [-0.4, -0.2) is 22.2 Å². The van der Waals surface area contributed by atoms with Crippen molar-refractivity contribution in [3.8, 4) is 11.3 Å². The summed E-state index contributed by atoms with van der Waals surface area (Å²) in [6.45, 7) is 9.06. The van der Waals surface area contributed by atoms with Gasteiger partial charge in [-0.2, -0.15) is 5.10 Å². The van der Waals surface area contributed by atoms with E-state index in [1.807, 2.05) is 36.9 Å². The molecule has 1 aliphatic rings. The van der Waals surface area contributed by atoms with Gasteiger partial charge in [-0.3, -0.25) is 4.68 Å². The molecule has 3 nitrogen and oxygen atoms in total. The Morgan fingerprint density at radius 3 is 2.74 bits per heavy atom. The molecular weight excluding hydrogens is 344 g/mol. The Kier molecular flexibility index (Phi) is 5.68. The minimum absolute atomic E-state index is 0.0393. The predicted molar refractivity (Wildman–Crippen MR) is 107 cm³/mol. The summed E-state index contributed by atoms with van der Waals surface area (Å²) in [4.78, 5) is 2.06. The third-order valence-electron chi connectivity index (χ3n) is 5.47. The summed E-state index contributed by atoms with van der Waals surface area (Å²) in [7, 11) is 1.97. The van der Waals surface area contributed by atoms with Gasteiger partial charge < -0.3 is 4.90 Å². The minimum atomic E-state index is -2.56. The number of benzene rings is 1. The second-order valence-corrected chi connectivity index (χ2v) is 7.48. The molecule has 1 saturated carbocycles. The highest BCUT2D eigenvalue weighted by atomic mass is 19.3. The highest BCUT2D eigenvalue weighted by Crippen LogP contribution is 2.43. The van der Waals surface area contributed by atoms with E-state index in [9.17, 15) is 8.78 Å². The topological polar surface area (TPSA) is 21.1 Å². The summed E-state index contributed by atoms with van der Waals surface area (Å²) >= 11 is 0. The van der Waals surface area contributed by atoms with E-state index in [1.54, 1.807) is 0 Å². The lowest BCUT2D eigenvalue weighted by atomic mass is 10.0. The van der Waals surface area contributed by atoms with Crippen LogP contribution in [0, 0.1) is 5.92 Å². The van der Waals surface area contributed by atoms with E-state index < -0.39 is 5.92 Å². The zero-order valence-corrected chi connectivity index (χ0v) is 16.5. The molecule has 1 heterocycles. The number of halogens is 2. The van der Waals surface area contributed by atoms with Crippen molar-refractivity contribution in [1.29, 1.82) is 0 Å². The van der Waals surface area contributed by atoms with Crippen LogP contribution >= 0.6 is 0 Å². The van der Waals surface area contributed by atoms with Crippen LogP contribution in [0.15, 0.2) is 42.6 Å². The number of nitrogens with zero attached hydrogens (tertiary/aromatic N) is 3. The standard InChI is InChI=1S/C22H29F2N3/c1-5-8-19-14-21(25-26(19)4)17-9-7-10-20(13-17)27(6-2)16(3)18-11-12-22(23,24)15-18/h7,9-10,13-14,18H,3,5-6,8,11-12,15H2,1-2,4H3. The zero-order valence-electron chi connectivity index (χ0n) is 16.5. The van der Waals surface area contributed by atoms with Crippen LogP contribution in [0.1, 0.15) is 45.2 Å². The largest absolute Gasteiger partial charge is 0.346 e. The van der Waals surface area contributed by atoms with E-state index in [0.717, 1.165) is 35.5 Å². The lowest BCUT2D eigenvalue weighted by molar-refractivity contribution is 0.00631. The molecule has 1 aliphatic carbocycles. The van der Waals surface area contributed by atoms with Crippen molar-refractivity contribution in [3.63, 3.8) is 0 Å². The Morgan fingerprint density at radius 1 is 1.33 bits per heavy atom. The van der Waals surface area contributed by atoms with Crippen molar-refractivity contribution in [2.45, 2.75) is 51.9 Å². The molecule has 0 bridgehead atoms.